The molecule has 0 unspecified atom stereocenters. The highest BCUT2D eigenvalue weighted by Crippen LogP contribution is 2.22. The van der Waals surface area contributed by atoms with Crippen molar-refractivity contribution in [2.45, 2.75) is 13.8 Å². The van der Waals surface area contributed by atoms with Crippen molar-refractivity contribution in [3.05, 3.63) is 12.1 Å². The molecule has 0 aromatic carbocycles. The lowest BCUT2D eigenvalue weighted by Gasteiger charge is -2.22. The third kappa shape index (κ3) is 3.78. The van der Waals surface area contributed by atoms with E-state index in [0.29, 0.717) is 18.2 Å². The lowest BCUT2D eigenvalue weighted by molar-refractivity contribution is 0.154. The lowest BCUT2D eigenvalue weighted by Crippen LogP contribution is -2.28. The monoisotopic (exact) mass is 239 g/mol. The Hall–Kier alpha value is -1.49. The zero-order chi connectivity index (χ0) is 12.7. The summed E-state index contributed by atoms with van der Waals surface area (Å²) in [5, 5.41) is 0. The number of rotatable bonds is 7. The number of nitrogens with zero attached hydrogens (tertiary/aromatic N) is 2. The van der Waals surface area contributed by atoms with Crippen LogP contribution in [0.3, 0.4) is 0 Å². The van der Waals surface area contributed by atoms with Gasteiger partial charge < -0.3 is 20.1 Å². The van der Waals surface area contributed by atoms with Gasteiger partial charge in [0.25, 0.3) is 0 Å². The van der Waals surface area contributed by atoms with E-state index in [1.54, 1.807) is 7.11 Å². The summed E-state index contributed by atoms with van der Waals surface area (Å²) in [6.07, 6.45) is 0. The van der Waals surface area contributed by atoms with Crippen molar-refractivity contribution in [2.24, 2.45) is 0 Å². The molecule has 0 spiro atoms. The van der Waals surface area contributed by atoms with Gasteiger partial charge in [-0.2, -0.15) is 4.98 Å². The maximum atomic E-state index is 5.73. The molecule has 2 N–H and O–H groups in total. The van der Waals surface area contributed by atoms with Gasteiger partial charge in [-0.3, -0.25) is 0 Å². The summed E-state index contributed by atoms with van der Waals surface area (Å²) >= 11 is 0. The average molecular weight is 239 g/mol. The molecule has 0 aliphatic heterocycles. The second-order valence-electron chi connectivity index (χ2n) is 3.54. The number of ether oxygens (including phenoxy) is 2. The molecule has 0 fully saturated rings. The van der Waals surface area contributed by atoms with Crippen LogP contribution in [0, 0.1) is 0 Å². The fourth-order valence-electron chi connectivity index (χ4n) is 1.53. The van der Waals surface area contributed by atoms with Crippen LogP contribution < -0.4 is 15.4 Å². The molecule has 1 aromatic heterocycles. The van der Waals surface area contributed by atoms with Crippen LogP contribution in [-0.4, -0.2) is 38.4 Å². The number of anilines is 2. The van der Waals surface area contributed by atoms with Crippen molar-refractivity contribution < 1.29 is 9.47 Å². The summed E-state index contributed by atoms with van der Waals surface area (Å²) in [5.41, 5.74) is 6.29. The Morgan fingerprint density at radius 2 is 2.12 bits per heavy atom. The minimum absolute atomic E-state index is 0.470. The van der Waals surface area contributed by atoms with Gasteiger partial charge in [0.15, 0.2) is 0 Å². The first-order chi connectivity index (χ1) is 8.22. The Balaban J connectivity index is 2.73. The van der Waals surface area contributed by atoms with E-state index in [1.807, 2.05) is 19.1 Å². The van der Waals surface area contributed by atoms with Crippen molar-refractivity contribution in [2.75, 3.05) is 44.0 Å². The molecule has 17 heavy (non-hydrogen) atoms. The van der Waals surface area contributed by atoms with Crippen LogP contribution in [0.5, 0.6) is 5.88 Å². The molecule has 0 amide bonds. The molecule has 5 heteroatoms. The minimum atomic E-state index is 0.470. The van der Waals surface area contributed by atoms with Gasteiger partial charge in [-0.05, 0) is 26.0 Å². The van der Waals surface area contributed by atoms with E-state index in [1.165, 1.54) is 0 Å². The van der Waals surface area contributed by atoms with Crippen molar-refractivity contribution in [3.63, 3.8) is 0 Å². The Bertz CT molecular complexity index is 345. The van der Waals surface area contributed by atoms with E-state index in [4.69, 9.17) is 15.2 Å². The number of pyridine rings is 1. The quantitative estimate of drug-likeness (QED) is 0.731. The predicted octanol–water partition coefficient (Wildman–Crippen LogP) is 1.54. The molecule has 0 aliphatic rings. The molecular weight excluding hydrogens is 218 g/mol. The van der Waals surface area contributed by atoms with Crippen molar-refractivity contribution in [1.82, 2.24) is 4.98 Å². The fourth-order valence-corrected chi connectivity index (χ4v) is 1.53. The highest BCUT2D eigenvalue weighted by Gasteiger charge is 2.08. The summed E-state index contributed by atoms with van der Waals surface area (Å²) in [7, 11) is 1.57. The maximum Gasteiger partial charge on any atom is 0.238 e. The molecule has 1 rings (SSSR count). The van der Waals surface area contributed by atoms with Gasteiger partial charge in [-0.1, -0.05) is 0 Å². The first kappa shape index (κ1) is 13.6. The summed E-state index contributed by atoms with van der Waals surface area (Å²) in [4.78, 5) is 6.49. The van der Waals surface area contributed by atoms with Gasteiger partial charge in [0.1, 0.15) is 5.82 Å². The molecule has 0 saturated heterocycles. The van der Waals surface area contributed by atoms with E-state index in [2.05, 4.69) is 16.8 Å². The Labute approximate surface area is 103 Å². The van der Waals surface area contributed by atoms with Gasteiger partial charge >= 0.3 is 0 Å². The van der Waals surface area contributed by atoms with E-state index < -0.39 is 0 Å². The van der Waals surface area contributed by atoms with E-state index in [9.17, 15) is 0 Å². The van der Waals surface area contributed by atoms with Crippen molar-refractivity contribution in [3.8, 4) is 5.88 Å². The summed E-state index contributed by atoms with van der Waals surface area (Å²) < 4.78 is 10.5. The molecule has 1 aromatic rings. The molecule has 96 valence electrons. The molecule has 0 bridgehead atoms. The number of nitrogen functional groups attached to an aromatic ring is 1. The Morgan fingerprint density at radius 1 is 1.35 bits per heavy atom. The summed E-state index contributed by atoms with van der Waals surface area (Å²) in [5.74, 6) is 1.33. The SMILES string of the molecule is CCOCCN(CC)c1ccc(N)c(OC)n1. The number of hydrogen-bond acceptors (Lipinski definition) is 5. The number of nitrogens with two attached hydrogens (primary N) is 1. The third-order valence-corrected chi connectivity index (χ3v) is 2.48. The minimum Gasteiger partial charge on any atom is -0.479 e. The summed E-state index contributed by atoms with van der Waals surface area (Å²) in [6, 6.07) is 3.71. The van der Waals surface area contributed by atoms with Crippen LogP contribution in [-0.2, 0) is 4.74 Å². The standard InChI is InChI=1S/C12H21N3O2/c1-4-15(8-9-17-5-2)11-7-6-10(13)12(14-11)16-3/h6-7H,4-5,8-9,13H2,1-3H3. The van der Waals surface area contributed by atoms with Gasteiger partial charge in [-0.25, -0.2) is 0 Å². The molecule has 0 saturated carbocycles. The molecule has 5 nitrogen and oxygen atoms in total. The van der Waals surface area contributed by atoms with E-state index >= 15 is 0 Å². The number of hydrogen-bond donors (Lipinski definition) is 1. The predicted molar refractivity (Wildman–Crippen MR) is 69.6 cm³/mol. The maximum absolute atomic E-state index is 5.73. The van der Waals surface area contributed by atoms with Gasteiger partial charge in [0, 0.05) is 19.7 Å². The van der Waals surface area contributed by atoms with Crippen LogP contribution in [0.15, 0.2) is 12.1 Å². The number of likely N-dealkylation sites (N-methyl/N-ethyl adjacent to an activating group) is 1. The first-order valence-electron chi connectivity index (χ1n) is 5.86. The first-order valence-corrected chi connectivity index (χ1v) is 5.86. The van der Waals surface area contributed by atoms with Crippen LogP contribution in [0.1, 0.15) is 13.8 Å². The van der Waals surface area contributed by atoms with E-state index in [-0.39, 0.29) is 0 Å². The van der Waals surface area contributed by atoms with Crippen LogP contribution in [0.25, 0.3) is 0 Å². The highest BCUT2D eigenvalue weighted by molar-refractivity contribution is 5.54. The van der Waals surface area contributed by atoms with Gasteiger partial charge in [0.05, 0.1) is 19.4 Å². The van der Waals surface area contributed by atoms with Gasteiger partial charge in [0.2, 0.25) is 5.88 Å². The highest BCUT2D eigenvalue weighted by atomic mass is 16.5. The van der Waals surface area contributed by atoms with Crippen LogP contribution >= 0.6 is 0 Å². The molecule has 0 radical (unpaired) electrons. The van der Waals surface area contributed by atoms with Crippen LogP contribution in [0.2, 0.25) is 0 Å². The van der Waals surface area contributed by atoms with Crippen molar-refractivity contribution >= 4 is 11.5 Å². The largest absolute Gasteiger partial charge is 0.479 e. The smallest absolute Gasteiger partial charge is 0.238 e. The van der Waals surface area contributed by atoms with Crippen molar-refractivity contribution in [1.29, 1.82) is 0 Å². The Morgan fingerprint density at radius 3 is 2.71 bits per heavy atom. The van der Waals surface area contributed by atoms with E-state index in [0.717, 1.165) is 25.5 Å². The molecule has 0 aliphatic carbocycles. The zero-order valence-corrected chi connectivity index (χ0v) is 10.8. The lowest BCUT2D eigenvalue weighted by atomic mass is 10.3. The second kappa shape index (κ2) is 6.96. The molecule has 1 heterocycles. The van der Waals surface area contributed by atoms with Gasteiger partial charge in [-0.15, -0.1) is 0 Å². The molecular formula is C12H21N3O2. The fraction of sp³-hybridized carbons (Fsp3) is 0.583. The Kier molecular flexibility index (Phi) is 5.56. The second-order valence-corrected chi connectivity index (χ2v) is 3.54. The molecule has 0 atom stereocenters. The number of methoxy groups -OCH3 is 1. The third-order valence-electron chi connectivity index (χ3n) is 2.48. The summed E-state index contributed by atoms with van der Waals surface area (Å²) in [6.45, 7) is 7.17. The zero-order valence-electron chi connectivity index (χ0n) is 10.8. The van der Waals surface area contributed by atoms with Crippen LogP contribution in [0.4, 0.5) is 11.5 Å². The normalized spacial score (nSPS) is 10.3. The topological polar surface area (TPSA) is 60.6 Å². The number of aromatic nitrogens is 1. The average Bonchev–Trinajstić information content (AvgIpc) is 2.36.